The maximum atomic E-state index is 8.89. The number of hydrogen-bond donors (Lipinski definition) is 2. The van der Waals surface area contributed by atoms with Crippen LogP contribution >= 0.6 is 0 Å². The SMILES string of the molecule is CC(=O)[O-].[Na+].[Na+].[O-]B(O)O. The molecule has 0 unspecified atom stereocenters. The Kier molecular flexibility index (Phi) is 37.8. The van der Waals surface area contributed by atoms with Gasteiger partial charge in [0, 0.05) is 5.97 Å². The van der Waals surface area contributed by atoms with Gasteiger partial charge in [0.15, 0.2) is 0 Å². The predicted octanol–water partition coefficient (Wildman–Crippen LogP) is -9.92. The molecule has 10 heavy (non-hydrogen) atoms. The topological polar surface area (TPSA) is 104 Å². The first-order valence-electron chi connectivity index (χ1n) is 1.66. The first kappa shape index (κ1) is 22.5. The molecular formula is C2H5BNa2O5. The number of hydrogen-bond acceptors (Lipinski definition) is 5. The van der Waals surface area contributed by atoms with Crippen molar-refractivity contribution in [3.8, 4) is 0 Å². The minimum atomic E-state index is -2.42. The average Bonchev–Trinajstić information content (AvgIpc) is 1.25. The average molecular weight is 166 g/mol. The van der Waals surface area contributed by atoms with Gasteiger partial charge in [0.2, 0.25) is 0 Å². The molecule has 0 bridgehead atoms. The molecule has 2 N–H and O–H groups in total. The number of aliphatic carboxylic acids is 1. The molecule has 0 fully saturated rings. The number of carbonyl (C=O) groups excluding carboxylic acids is 1. The standard InChI is InChI=1S/C2H4O2.BH2O3.2Na/c1-2(3)4;2-1(3)4;;/h1H3,(H,3,4);2-3H;;/q;-1;2*+1/p-1. The van der Waals surface area contributed by atoms with Crippen molar-refractivity contribution in [1.29, 1.82) is 0 Å². The van der Waals surface area contributed by atoms with Crippen LogP contribution in [-0.4, -0.2) is 23.3 Å². The van der Waals surface area contributed by atoms with Gasteiger partial charge in [-0.2, -0.15) is 0 Å². The third kappa shape index (κ3) is 333. The van der Waals surface area contributed by atoms with E-state index < -0.39 is 13.3 Å². The smallest absolute Gasteiger partial charge is 0.832 e. The van der Waals surface area contributed by atoms with Crippen molar-refractivity contribution in [3.05, 3.63) is 0 Å². The van der Waals surface area contributed by atoms with Crippen LogP contribution in [0.15, 0.2) is 0 Å². The normalized spacial score (nSPS) is 5.20. The Balaban J connectivity index is -0.0000000300. The van der Waals surface area contributed by atoms with Crippen LogP contribution < -0.4 is 69.2 Å². The molecule has 0 aliphatic rings. The summed E-state index contributed by atoms with van der Waals surface area (Å²) in [7, 11) is -2.42. The summed E-state index contributed by atoms with van der Waals surface area (Å²) in [4.78, 5) is 8.89. The van der Waals surface area contributed by atoms with Crippen molar-refractivity contribution in [3.63, 3.8) is 0 Å². The molecule has 8 heteroatoms. The summed E-state index contributed by atoms with van der Waals surface area (Å²) in [6, 6.07) is 0. The fraction of sp³-hybridized carbons (Fsp3) is 0.500. The molecule has 0 aromatic rings. The van der Waals surface area contributed by atoms with Crippen LogP contribution in [0.5, 0.6) is 0 Å². The Morgan fingerprint density at radius 3 is 1.40 bits per heavy atom. The summed E-state index contributed by atoms with van der Waals surface area (Å²) in [6.07, 6.45) is 0. The molecule has 0 aromatic carbocycles. The molecule has 0 saturated heterocycles. The van der Waals surface area contributed by atoms with E-state index in [0.717, 1.165) is 6.92 Å². The van der Waals surface area contributed by atoms with E-state index in [1.807, 2.05) is 0 Å². The Morgan fingerprint density at radius 2 is 1.40 bits per heavy atom. The first-order valence-corrected chi connectivity index (χ1v) is 1.66. The van der Waals surface area contributed by atoms with E-state index in [0.29, 0.717) is 0 Å². The van der Waals surface area contributed by atoms with E-state index in [1.54, 1.807) is 0 Å². The number of carboxylic acids is 1. The first-order chi connectivity index (χ1) is 3.46. The van der Waals surface area contributed by atoms with Gasteiger partial charge in [-0.3, -0.25) is 0 Å². The van der Waals surface area contributed by atoms with Crippen LogP contribution in [0.3, 0.4) is 0 Å². The zero-order valence-electron chi connectivity index (χ0n) is 6.20. The van der Waals surface area contributed by atoms with Gasteiger partial charge in [0.1, 0.15) is 0 Å². The van der Waals surface area contributed by atoms with Gasteiger partial charge in [-0.05, 0) is 6.92 Å². The third-order valence-electron chi connectivity index (χ3n) is 0. The van der Waals surface area contributed by atoms with Crippen LogP contribution in [0.4, 0.5) is 0 Å². The summed E-state index contributed by atoms with van der Waals surface area (Å²) < 4.78 is 0. The maximum Gasteiger partial charge on any atom is 1.00 e. The Morgan fingerprint density at radius 1 is 1.40 bits per heavy atom. The van der Waals surface area contributed by atoms with Crippen LogP contribution in [0.1, 0.15) is 6.92 Å². The van der Waals surface area contributed by atoms with Crippen molar-refractivity contribution >= 4 is 13.3 Å². The van der Waals surface area contributed by atoms with Crippen molar-refractivity contribution in [2.24, 2.45) is 0 Å². The van der Waals surface area contributed by atoms with Crippen molar-refractivity contribution in [1.82, 2.24) is 0 Å². The zero-order chi connectivity index (χ0) is 7.15. The summed E-state index contributed by atoms with van der Waals surface area (Å²) in [6.45, 7) is 0.972. The van der Waals surface area contributed by atoms with Crippen LogP contribution in [-0.2, 0) is 4.79 Å². The van der Waals surface area contributed by atoms with E-state index in [2.05, 4.69) is 0 Å². The Hall–Kier alpha value is 1.41. The molecule has 5 nitrogen and oxygen atoms in total. The Labute approximate surface area is 103 Å². The largest absolute Gasteiger partial charge is 1.00 e. The molecule has 0 amide bonds. The van der Waals surface area contributed by atoms with Gasteiger partial charge < -0.3 is 25.0 Å². The summed E-state index contributed by atoms with van der Waals surface area (Å²) in [5, 5.41) is 31.6. The van der Waals surface area contributed by atoms with Crippen molar-refractivity contribution in [2.45, 2.75) is 6.92 Å². The molecule has 0 atom stereocenters. The molecule has 0 saturated carbocycles. The summed E-state index contributed by atoms with van der Waals surface area (Å²) in [5.41, 5.74) is 0. The fourth-order valence-electron chi connectivity index (χ4n) is 0. The van der Waals surface area contributed by atoms with Gasteiger partial charge in [-0.1, -0.05) is 0 Å². The quantitative estimate of drug-likeness (QED) is 0.347. The molecule has 48 valence electrons. The van der Waals surface area contributed by atoms with Crippen LogP contribution in [0.25, 0.3) is 0 Å². The second-order valence-corrected chi connectivity index (χ2v) is 0.818. The van der Waals surface area contributed by atoms with Crippen molar-refractivity contribution in [2.75, 3.05) is 0 Å². The Bertz CT molecular complexity index is 61.9. The second kappa shape index (κ2) is 16.8. The molecule has 0 aromatic heterocycles. The number of rotatable bonds is 0. The molecular weight excluding hydrogens is 161 g/mol. The number of carboxylic acid groups (broad SMARTS) is 1. The second-order valence-electron chi connectivity index (χ2n) is 0.818. The van der Waals surface area contributed by atoms with E-state index >= 15 is 0 Å². The predicted molar refractivity (Wildman–Crippen MR) is 20.9 cm³/mol. The van der Waals surface area contributed by atoms with Crippen molar-refractivity contribution < 1.29 is 84.1 Å². The monoisotopic (exact) mass is 166 g/mol. The van der Waals surface area contributed by atoms with Gasteiger partial charge in [0.05, 0.1) is 0 Å². The zero-order valence-corrected chi connectivity index (χ0v) is 10.2. The van der Waals surface area contributed by atoms with E-state index in [1.165, 1.54) is 0 Å². The molecule has 0 radical (unpaired) electrons. The van der Waals surface area contributed by atoms with E-state index in [9.17, 15) is 0 Å². The van der Waals surface area contributed by atoms with Gasteiger partial charge in [-0.25, -0.2) is 0 Å². The van der Waals surface area contributed by atoms with E-state index in [-0.39, 0.29) is 59.1 Å². The van der Waals surface area contributed by atoms with E-state index in [4.69, 9.17) is 25.0 Å². The van der Waals surface area contributed by atoms with Gasteiger partial charge >= 0.3 is 66.4 Å². The molecule has 0 aliphatic carbocycles. The molecule has 0 aliphatic heterocycles. The number of carbonyl (C=O) groups is 1. The minimum Gasteiger partial charge on any atom is -0.832 e. The van der Waals surface area contributed by atoms with Crippen LogP contribution in [0, 0.1) is 0 Å². The van der Waals surface area contributed by atoms with Gasteiger partial charge in [0.25, 0.3) is 0 Å². The molecule has 0 heterocycles. The third-order valence-corrected chi connectivity index (χ3v) is 0. The fourth-order valence-corrected chi connectivity index (χ4v) is 0. The molecule has 0 rings (SSSR count). The van der Waals surface area contributed by atoms with Gasteiger partial charge in [-0.15, -0.1) is 0 Å². The minimum absolute atomic E-state index is 0. The maximum absolute atomic E-state index is 8.89. The van der Waals surface area contributed by atoms with Crippen LogP contribution in [0.2, 0.25) is 0 Å². The molecule has 0 spiro atoms. The summed E-state index contributed by atoms with van der Waals surface area (Å²) >= 11 is 0. The summed E-state index contributed by atoms with van der Waals surface area (Å²) in [5.74, 6) is -1.08.